The number of aryl methyl sites for hydroxylation is 1. The van der Waals surface area contributed by atoms with Gasteiger partial charge < -0.3 is 11.1 Å². The van der Waals surface area contributed by atoms with Gasteiger partial charge in [-0.2, -0.15) is 0 Å². The highest BCUT2D eigenvalue weighted by Gasteiger charge is 2.14. The van der Waals surface area contributed by atoms with Gasteiger partial charge in [0.2, 0.25) is 5.91 Å². The van der Waals surface area contributed by atoms with Crippen LogP contribution in [0.1, 0.15) is 37.8 Å². The van der Waals surface area contributed by atoms with E-state index in [4.69, 9.17) is 5.73 Å². The van der Waals surface area contributed by atoms with Crippen LogP contribution in [0.25, 0.3) is 0 Å². The molecular weight excluding hydrogens is 238 g/mol. The Kier molecular flexibility index (Phi) is 6.50. The normalized spacial score (nSPS) is 12.5. The third-order valence-electron chi connectivity index (χ3n) is 3.24. The number of nitrogens with one attached hydrogen (secondary N) is 1. The topological polar surface area (TPSA) is 68.0 Å². The van der Waals surface area contributed by atoms with E-state index in [0.29, 0.717) is 25.4 Å². The van der Waals surface area contributed by atoms with E-state index in [1.807, 2.05) is 13.0 Å². The molecule has 0 aliphatic carbocycles. The number of carbonyl (C=O) groups excluding carboxylic acids is 1. The van der Waals surface area contributed by atoms with Crippen LogP contribution in [0, 0.1) is 18.8 Å². The number of hydrogen-bond acceptors (Lipinski definition) is 3. The summed E-state index contributed by atoms with van der Waals surface area (Å²) in [6.45, 7) is 7.43. The average Bonchev–Trinajstić information content (AvgIpc) is 2.36. The minimum Gasteiger partial charge on any atom is -0.352 e. The van der Waals surface area contributed by atoms with Gasteiger partial charge in [0.25, 0.3) is 0 Å². The molecule has 0 radical (unpaired) electrons. The van der Waals surface area contributed by atoms with Crippen molar-refractivity contribution in [2.24, 2.45) is 17.6 Å². The van der Waals surface area contributed by atoms with E-state index in [1.165, 1.54) is 0 Å². The number of nitrogens with two attached hydrogens (primary N) is 1. The summed E-state index contributed by atoms with van der Waals surface area (Å²) in [5.41, 5.74) is 7.92. The Morgan fingerprint density at radius 1 is 1.47 bits per heavy atom. The predicted molar refractivity (Wildman–Crippen MR) is 77.4 cm³/mol. The van der Waals surface area contributed by atoms with Crippen molar-refractivity contribution in [3.8, 4) is 0 Å². The van der Waals surface area contributed by atoms with E-state index in [0.717, 1.165) is 17.5 Å². The molecule has 1 heterocycles. The van der Waals surface area contributed by atoms with Crippen molar-refractivity contribution in [2.75, 3.05) is 6.54 Å². The van der Waals surface area contributed by atoms with E-state index in [2.05, 4.69) is 24.1 Å². The Morgan fingerprint density at radius 3 is 2.79 bits per heavy atom. The third-order valence-corrected chi connectivity index (χ3v) is 3.24. The zero-order valence-corrected chi connectivity index (χ0v) is 12.1. The number of aromatic nitrogens is 1. The Bertz CT molecular complexity index is 404. The maximum absolute atomic E-state index is 11.9. The Balaban J connectivity index is 2.41. The van der Waals surface area contributed by atoms with Gasteiger partial charge in [-0.3, -0.25) is 9.78 Å². The largest absolute Gasteiger partial charge is 0.352 e. The molecule has 1 aromatic heterocycles. The van der Waals surface area contributed by atoms with Crippen molar-refractivity contribution in [1.29, 1.82) is 0 Å². The maximum atomic E-state index is 11.9. The Morgan fingerprint density at radius 2 is 2.21 bits per heavy atom. The molecule has 19 heavy (non-hydrogen) atoms. The zero-order valence-electron chi connectivity index (χ0n) is 12.1. The summed E-state index contributed by atoms with van der Waals surface area (Å²) in [5, 5.41) is 2.94. The minimum atomic E-state index is 0.0688. The van der Waals surface area contributed by atoms with Crippen molar-refractivity contribution >= 4 is 5.91 Å². The van der Waals surface area contributed by atoms with Crippen molar-refractivity contribution in [3.05, 3.63) is 29.6 Å². The quantitative estimate of drug-likeness (QED) is 0.791. The number of carbonyl (C=O) groups is 1. The smallest absolute Gasteiger partial charge is 0.220 e. The number of nitrogens with zero attached hydrogens (tertiary/aromatic N) is 1. The molecule has 1 aromatic rings. The molecule has 106 valence electrons. The van der Waals surface area contributed by atoms with Crippen LogP contribution in [-0.2, 0) is 11.3 Å². The molecule has 3 N–H and O–H groups in total. The van der Waals surface area contributed by atoms with Gasteiger partial charge in [-0.15, -0.1) is 0 Å². The molecule has 1 rings (SSSR count). The number of rotatable bonds is 7. The number of pyridine rings is 1. The van der Waals surface area contributed by atoms with Gasteiger partial charge in [0.1, 0.15) is 0 Å². The molecule has 0 aliphatic rings. The second kappa shape index (κ2) is 7.89. The molecule has 0 spiro atoms. The summed E-state index contributed by atoms with van der Waals surface area (Å²) in [5.74, 6) is 0.913. The van der Waals surface area contributed by atoms with Crippen molar-refractivity contribution in [2.45, 2.75) is 40.2 Å². The number of hydrogen-bond donors (Lipinski definition) is 2. The summed E-state index contributed by atoms with van der Waals surface area (Å²) in [6, 6.07) is 1.95. The number of amides is 1. The van der Waals surface area contributed by atoms with Crippen LogP contribution in [0.5, 0.6) is 0 Å². The molecule has 1 atom stereocenters. The summed E-state index contributed by atoms with van der Waals surface area (Å²) in [4.78, 5) is 16.0. The first kappa shape index (κ1) is 15.6. The molecule has 0 aromatic carbocycles. The van der Waals surface area contributed by atoms with Crippen molar-refractivity contribution in [1.82, 2.24) is 10.3 Å². The van der Waals surface area contributed by atoms with Crippen LogP contribution in [0.15, 0.2) is 18.5 Å². The lowest BCUT2D eigenvalue weighted by Crippen LogP contribution is -2.28. The van der Waals surface area contributed by atoms with E-state index in [-0.39, 0.29) is 11.8 Å². The fourth-order valence-electron chi connectivity index (χ4n) is 2.14. The first-order valence-electron chi connectivity index (χ1n) is 6.89. The molecule has 1 amide bonds. The summed E-state index contributed by atoms with van der Waals surface area (Å²) >= 11 is 0. The summed E-state index contributed by atoms with van der Waals surface area (Å²) < 4.78 is 0. The van der Waals surface area contributed by atoms with Gasteiger partial charge in [-0.1, -0.05) is 13.8 Å². The fourth-order valence-corrected chi connectivity index (χ4v) is 2.14. The van der Waals surface area contributed by atoms with Crippen LogP contribution in [0.4, 0.5) is 0 Å². The first-order valence-corrected chi connectivity index (χ1v) is 6.89. The van der Waals surface area contributed by atoms with Crippen LogP contribution in [-0.4, -0.2) is 17.4 Å². The van der Waals surface area contributed by atoms with Crippen LogP contribution >= 0.6 is 0 Å². The van der Waals surface area contributed by atoms with E-state index < -0.39 is 0 Å². The third kappa shape index (κ3) is 5.83. The van der Waals surface area contributed by atoms with Gasteiger partial charge in [0, 0.05) is 25.4 Å². The molecule has 4 heteroatoms. The maximum Gasteiger partial charge on any atom is 0.220 e. The van der Waals surface area contributed by atoms with E-state index >= 15 is 0 Å². The predicted octanol–water partition coefficient (Wildman–Crippen LogP) is 2.02. The average molecular weight is 263 g/mol. The highest BCUT2D eigenvalue weighted by Crippen LogP contribution is 2.14. The fraction of sp³-hybridized carbons (Fsp3) is 0.600. The lowest BCUT2D eigenvalue weighted by Gasteiger charge is -2.16. The second-order valence-electron chi connectivity index (χ2n) is 5.51. The Labute approximate surface area is 115 Å². The Hall–Kier alpha value is -1.42. The molecule has 1 unspecified atom stereocenters. The van der Waals surface area contributed by atoms with E-state index in [9.17, 15) is 4.79 Å². The van der Waals surface area contributed by atoms with Crippen molar-refractivity contribution in [3.63, 3.8) is 0 Å². The highest BCUT2D eigenvalue weighted by atomic mass is 16.1. The van der Waals surface area contributed by atoms with Crippen LogP contribution in [0.3, 0.4) is 0 Å². The lowest BCUT2D eigenvalue weighted by atomic mass is 9.94. The van der Waals surface area contributed by atoms with Gasteiger partial charge in [0.15, 0.2) is 0 Å². The standard InChI is InChI=1S/C15H25N3O/c1-11(2)6-13(8-16)7-15(19)18-10-14-9-17-5-4-12(14)3/h4-5,9,11,13H,6-8,10,16H2,1-3H3,(H,18,19). The summed E-state index contributed by atoms with van der Waals surface area (Å²) in [6.07, 6.45) is 5.06. The van der Waals surface area contributed by atoms with Gasteiger partial charge in [-0.05, 0) is 48.9 Å². The van der Waals surface area contributed by atoms with Gasteiger partial charge >= 0.3 is 0 Å². The first-order chi connectivity index (χ1) is 9.02. The van der Waals surface area contributed by atoms with Gasteiger partial charge in [0.05, 0.1) is 0 Å². The minimum absolute atomic E-state index is 0.0688. The lowest BCUT2D eigenvalue weighted by molar-refractivity contribution is -0.122. The molecule has 0 saturated heterocycles. The molecule has 4 nitrogen and oxygen atoms in total. The SMILES string of the molecule is Cc1ccncc1CNC(=O)CC(CN)CC(C)C. The van der Waals surface area contributed by atoms with Crippen LogP contribution in [0.2, 0.25) is 0 Å². The molecular formula is C15H25N3O. The monoisotopic (exact) mass is 263 g/mol. The van der Waals surface area contributed by atoms with E-state index in [1.54, 1.807) is 12.4 Å². The molecule has 0 saturated carbocycles. The molecule has 0 fully saturated rings. The molecule has 0 aliphatic heterocycles. The molecule has 0 bridgehead atoms. The second-order valence-corrected chi connectivity index (χ2v) is 5.51. The van der Waals surface area contributed by atoms with Crippen LogP contribution < -0.4 is 11.1 Å². The highest BCUT2D eigenvalue weighted by molar-refractivity contribution is 5.76. The zero-order chi connectivity index (χ0) is 14.3. The van der Waals surface area contributed by atoms with Crippen molar-refractivity contribution < 1.29 is 4.79 Å². The summed E-state index contributed by atoms with van der Waals surface area (Å²) in [7, 11) is 0. The van der Waals surface area contributed by atoms with Gasteiger partial charge in [-0.25, -0.2) is 0 Å².